The molecule has 0 saturated heterocycles. The van der Waals surface area contributed by atoms with Crippen molar-refractivity contribution >= 4 is 46.0 Å². The normalized spacial score (nSPS) is 11.1. The molecule has 30 heavy (non-hydrogen) atoms. The number of hydrogen-bond acceptors (Lipinski definition) is 4. The van der Waals surface area contributed by atoms with Crippen LogP contribution in [-0.2, 0) is 6.61 Å². The zero-order chi connectivity index (χ0) is 20.9. The summed E-state index contributed by atoms with van der Waals surface area (Å²) in [5.41, 5.74) is 2.79. The number of hydrogen-bond donors (Lipinski definition) is 1. The van der Waals surface area contributed by atoms with E-state index in [1.807, 2.05) is 66.7 Å². The molecule has 8 heteroatoms. The number of halogens is 2. The maximum Gasteiger partial charge on any atom is 0.216 e. The largest absolute Gasteiger partial charge is 0.487 e. The summed E-state index contributed by atoms with van der Waals surface area (Å²) in [5.74, 6) is 1.25. The summed E-state index contributed by atoms with van der Waals surface area (Å²) in [5, 5.41) is 12.0. The Morgan fingerprint density at radius 1 is 1.10 bits per heavy atom. The number of rotatable bonds is 6. The molecule has 4 rings (SSSR count). The van der Waals surface area contributed by atoms with Crippen LogP contribution in [0.15, 0.2) is 82.4 Å². The van der Waals surface area contributed by atoms with Crippen LogP contribution in [0.4, 0.5) is 0 Å². The maximum absolute atomic E-state index is 6.40. The monoisotopic (exact) mass is 498 g/mol. The zero-order valence-electron chi connectivity index (χ0n) is 15.6. The average Bonchev–Trinajstić information content (AvgIpc) is 3.13. The Morgan fingerprint density at radius 3 is 2.60 bits per heavy atom. The highest BCUT2D eigenvalue weighted by Gasteiger charge is 2.08. The molecule has 1 N–H and O–H groups in total. The van der Waals surface area contributed by atoms with Crippen molar-refractivity contribution < 1.29 is 4.74 Å². The van der Waals surface area contributed by atoms with E-state index in [0.717, 1.165) is 21.2 Å². The van der Waals surface area contributed by atoms with Crippen LogP contribution in [-0.4, -0.2) is 21.1 Å². The molecular weight excluding hydrogens is 484 g/mol. The van der Waals surface area contributed by atoms with Gasteiger partial charge in [-0.25, -0.2) is 5.10 Å². The molecule has 0 atom stereocenters. The molecule has 4 aromatic rings. The van der Waals surface area contributed by atoms with Gasteiger partial charge in [0.1, 0.15) is 12.4 Å². The molecule has 5 nitrogen and oxygen atoms in total. The third-order valence-corrected chi connectivity index (χ3v) is 5.36. The molecule has 0 unspecified atom stereocenters. The molecule has 0 saturated carbocycles. The predicted molar refractivity (Wildman–Crippen MR) is 126 cm³/mol. The van der Waals surface area contributed by atoms with Gasteiger partial charge in [0, 0.05) is 10.0 Å². The minimum Gasteiger partial charge on any atom is -0.487 e. The van der Waals surface area contributed by atoms with Crippen molar-refractivity contribution in [1.82, 2.24) is 14.9 Å². The summed E-state index contributed by atoms with van der Waals surface area (Å²) in [6.07, 6.45) is 1.68. The first kappa shape index (κ1) is 20.5. The van der Waals surface area contributed by atoms with Crippen LogP contribution in [0.3, 0.4) is 0 Å². The summed E-state index contributed by atoms with van der Waals surface area (Å²) in [6.45, 7) is 0.436. The fourth-order valence-electron chi connectivity index (χ4n) is 2.75. The van der Waals surface area contributed by atoms with Gasteiger partial charge >= 0.3 is 0 Å². The highest BCUT2D eigenvalue weighted by molar-refractivity contribution is 9.10. The molecule has 0 aliphatic rings. The van der Waals surface area contributed by atoms with Gasteiger partial charge in [-0.1, -0.05) is 70.0 Å². The summed E-state index contributed by atoms with van der Waals surface area (Å²) in [7, 11) is 0. The fraction of sp³-hybridized carbons (Fsp3) is 0.0455. The highest BCUT2D eigenvalue weighted by atomic mass is 79.9. The molecule has 3 aromatic carbocycles. The third kappa shape index (κ3) is 4.87. The van der Waals surface area contributed by atoms with Gasteiger partial charge in [-0.05, 0) is 53.7 Å². The lowest BCUT2D eigenvalue weighted by atomic mass is 10.2. The Bertz CT molecular complexity index is 1240. The van der Waals surface area contributed by atoms with Crippen LogP contribution in [0.25, 0.3) is 11.4 Å². The van der Waals surface area contributed by atoms with Crippen molar-refractivity contribution in [3.63, 3.8) is 0 Å². The van der Waals surface area contributed by atoms with Gasteiger partial charge in [0.25, 0.3) is 0 Å². The molecule has 0 aliphatic heterocycles. The number of nitrogens with one attached hydrogen (secondary N) is 1. The summed E-state index contributed by atoms with van der Waals surface area (Å²) >= 11 is 15.1. The lowest BCUT2D eigenvalue weighted by Crippen LogP contribution is -1.97. The standard InChI is InChI=1S/C22H16BrClN4OS/c23-18-9-6-15(7-10-18)14-29-20-11-8-16(12-19(20)24)13-25-28-21(26-27-22(28)30)17-4-2-1-3-5-17/h1-13H,14H2,(H,27,30)/b25-13-. The van der Waals surface area contributed by atoms with E-state index in [1.54, 1.807) is 17.0 Å². The van der Waals surface area contributed by atoms with Crippen LogP contribution in [0.5, 0.6) is 5.75 Å². The van der Waals surface area contributed by atoms with Gasteiger partial charge in [-0.2, -0.15) is 14.9 Å². The lowest BCUT2D eigenvalue weighted by Gasteiger charge is -2.09. The molecule has 1 heterocycles. The summed E-state index contributed by atoms with van der Waals surface area (Å²) < 4.78 is 8.85. The van der Waals surface area contributed by atoms with E-state index in [-0.39, 0.29) is 0 Å². The summed E-state index contributed by atoms with van der Waals surface area (Å²) in [4.78, 5) is 0. The molecule has 0 bridgehead atoms. The second-order valence-electron chi connectivity index (χ2n) is 6.38. The van der Waals surface area contributed by atoms with E-state index in [0.29, 0.717) is 28.0 Å². The molecule has 0 radical (unpaired) electrons. The predicted octanol–water partition coefficient (Wildman–Crippen LogP) is 6.48. The summed E-state index contributed by atoms with van der Waals surface area (Å²) in [6, 6.07) is 23.2. The Labute approximate surface area is 192 Å². The van der Waals surface area contributed by atoms with Gasteiger partial charge in [-0.15, -0.1) is 0 Å². The molecule has 1 aromatic heterocycles. The molecule has 0 aliphatic carbocycles. The minimum atomic E-state index is 0.408. The second kappa shape index (κ2) is 9.38. The Morgan fingerprint density at radius 2 is 1.87 bits per heavy atom. The maximum atomic E-state index is 6.40. The van der Waals surface area contributed by atoms with Crippen molar-refractivity contribution in [3.05, 3.63) is 98.2 Å². The SMILES string of the molecule is S=c1[nH]nc(-c2ccccc2)n1/N=C\c1ccc(OCc2ccc(Br)cc2)c(Cl)c1. The number of aromatic amines is 1. The number of aromatic nitrogens is 3. The van der Waals surface area contributed by atoms with Gasteiger partial charge in [-0.3, -0.25) is 0 Å². The van der Waals surface area contributed by atoms with E-state index in [1.165, 1.54) is 0 Å². The smallest absolute Gasteiger partial charge is 0.216 e. The van der Waals surface area contributed by atoms with Gasteiger partial charge in [0.15, 0.2) is 5.82 Å². The van der Waals surface area contributed by atoms with Crippen molar-refractivity contribution in [1.29, 1.82) is 0 Å². The number of ether oxygens (including phenoxy) is 1. The van der Waals surface area contributed by atoms with Crippen molar-refractivity contribution in [2.75, 3.05) is 0 Å². The van der Waals surface area contributed by atoms with Crippen LogP contribution in [0.1, 0.15) is 11.1 Å². The van der Waals surface area contributed by atoms with E-state index >= 15 is 0 Å². The molecule has 0 fully saturated rings. The third-order valence-electron chi connectivity index (χ3n) is 4.27. The van der Waals surface area contributed by atoms with Crippen molar-refractivity contribution in [2.24, 2.45) is 5.10 Å². The van der Waals surface area contributed by atoms with Crippen LogP contribution >= 0.6 is 39.7 Å². The topological polar surface area (TPSA) is 55.2 Å². The van der Waals surface area contributed by atoms with E-state index in [2.05, 4.69) is 31.2 Å². The quantitative estimate of drug-likeness (QED) is 0.244. The molecular formula is C22H16BrClN4OS. The first-order chi connectivity index (χ1) is 14.6. The van der Waals surface area contributed by atoms with Crippen LogP contribution in [0.2, 0.25) is 5.02 Å². The van der Waals surface area contributed by atoms with Gasteiger partial charge in [0.2, 0.25) is 4.77 Å². The first-order valence-electron chi connectivity index (χ1n) is 9.04. The van der Waals surface area contributed by atoms with E-state index < -0.39 is 0 Å². The average molecular weight is 500 g/mol. The molecule has 150 valence electrons. The Balaban J connectivity index is 1.50. The van der Waals surface area contributed by atoms with Gasteiger partial charge < -0.3 is 4.74 Å². The Hall–Kier alpha value is -2.74. The Kier molecular flexibility index (Phi) is 6.42. The number of nitrogens with zero attached hydrogens (tertiary/aromatic N) is 3. The van der Waals surface area contributed by atoms with Crippen molar-refractivity contribution in [2.45, 2.75) is 6.61 Å². The molecule has 0 amide bonds. The zero-order valence-corrected chi connectivity index (χ0v) is 18.8. The number of H-pyrrole nitrogens is 1. The molecule has 0 spiro atoms. The van der Waals surface area contributed by atoms with Crippen LogP contribution < -0.4 is 4.74 Å². The van der Waals surface area contributed by atoms with E-state index in [4.69, 9.17) is 28.6 Å². The highest BCUT2D eigenvalue weighted by Crippen LogP contribution is 2.26. The second-order valence-corrected chi connectivity index (χ2v) is 8.09. The van der Waals surface area contributed by atoms with E-state index in [9.17, 15) is 0 Å². The van der Waals surface area contributed by atoms with Crippen LogP contribution in [0, 0.1) is 4.77 Å². The minimum absolute atomic E-state index is 0.408. The fourth-order valence-corrected chi connectivity index (χ4v) is 3.44. The van der Waals surface area contributed by atoms with Crippen molar-refractivity contribution in [3.8, 4) is 17.1 Å². The first-order valence-corrected chi connectivity index (χ1v) is 10.6. The lowest BCUT2D eigenvalue weighted by molar-refractivity contribution is 0.306. The number of benzene rings is 3. The van der Waals surface area contributed by atoms with Gasteiger partial charge in [0.05, 0.1) is 11.2 Å².